The number of aliphatic hydroxyl groups excluding tert-OH is 2. The van der Waals surface area contributed by atoms with Gasteiger partial charge >= 0.3 is 35.5 Å². The molecule has 1 unspecified atom stereocenters. The van der Waals surface area contributed by atoms with Gasteiger partial charge in [0.15, 0.2) is 0 Å². The first kappa shape index (κ1) is 29.2. The van der Waals surface area contributed by atoms with Crippen molar-refractivity contribution in [2.45, 2.75) is 43.7 Å². The summed E-state index contributed by atoms with van der Waals surface area (Å²) in [6.07, 6.45) is 11.2. The normalized spacial score (nSPS) is 23.4. The largest absolute Gasteiger partial charge is 1.00 e. The van der Waals surface area contributed by atoms with Crippen molar-refractivity contribution in [1.82, 2.24) is 0 Å². The molecule has 4 N–H and O–H groups in total. The van der Waals surface area contributed by atoms with E-state index < -0.39 is 37.7 Å². The molecule has 0 aromatic carbocycles. The number of esters is 1. The third-order valence-electron chi connectivity index (χ3n) is 3.81. The number of ether oxygens (including phenoxy) is 1. The summed E-state index contributed by atoms with van der Waals surface area (Å²) in [4.78, 5) is 31.5. The first-order valence-electron chi connectivity index (χ1n) is 8.83. The van der Waals surface area contributed by atoms with Crippen molar-refractivity contribution in [1.29, 1.82) is 0 Å². The van der Waals surface area contributed by atoms with Crippen LogP contribution in [0.5, 0.6) is 0 Å². The maximum atomic E-state index is 11.2. The monoisotopic (exact) mass is 452 g/mol. The minimum absolute atomic E-state index is 0. The maximum absolute atomic E-state index is 11.2. The van der Waals surface area contributed by atoms with Gasteiger partial charge in [-0.3, -0.25) is 4.57 Å². The molecule has 0 fully saturated rings. The van der Waals surface area contributed by atoms with E-state index in [1.54, 1.807) is 24.3 Å². The Morgan fingerprint density at radius 2 is 2.07 bits per heavy atom. The van der Waals surface area contributed by atoms with Gasteiger partial charge in [0.05, 0.1) is 12.7 Å². The molecule has 1 rings (SSSR count). The van der Waals surface area contributed by atoms with E-state index in [-0.39, 0.29) is 42.6 Å². The molecule has 0 saturated heterocycles. The Morgan fingerprint density at radius 1 is 1.40 bits per heavy atom. The van der Waals surface area contributed by atoms with E-state index in [0.717, 1.165) is 0 Å². The molecule has 0 amide bonds. The topological polar surface area (TPSA) is 157 Å². The number of hydrogen-bond acceptors (Lipinski definition) is 8. The molecule has 0 radical (unpaired) electrons. The fraction of sp³-hybridized carbons (Fsp3) is 0.421. The van der Waals surface area contributed by atoms with Crippen molar-refractivity contribution >= 4 is 13.8 Å². The van der Waals surface area contributed by atoms with Crippen LogP contribution in [-0.2, 0) is 18.6 Å². The van der Waals surface area contributed by atoms with Gasteiger partial charge in [-0.2, -0.15) is 0 Å². The SMILES string of the molecule is C[C@@](O)(/C=C\[C@H]1CC=CC(=O)O1)[C@@H](C[C@@H](O)/C=C/C=C/C=C/CO)OP(=O)([O-])O.[Na+]. The smallest absolute Gasteiger partial charge is 0.756 e. The number of phosphoric acid groups is 1. The number of rotatable bonds is 11. The number of carbonyl (C=O) groups is 1. The Morgan fingerprint density at radius 3 is 2.67 bits per heavy atom. The Labute approximate surface area is 197 Å². The zero-order valence-corrected chi connectivity index (χ0v) is 19.8. The van der Waals surface area contributed by atoms with Gasteiger partial charge in [0.25, 0.3) is 7.82 Å². The van der Waals surface area contributed by atoms with Crippen molar-refractivity contribution in [2.24, 2.45) is 0 Å². The number of phosphoric ester groups is 1. The predicted molar refractivity (Wildman–Crippen MR) is 103 cm³/mol. The molecule has 9 nitrogen and oxygen atoms in total. The number of aliphatic hydroxyl groups is 3. The minimum atomic E-state index is -5.21. The number of cyclic esters (lactones) is 1. The molecule has 1 heterocycles. The van der Waals surface area contributed by atoms with Crippen LogP contribution in [0.3, 0.4) is 0 Å². The molecule has 0 aromatic rings. The van der Waals surface area contributed by atoms with Crippen LogP contribution in [0, 0.1) is 0 Å². The Bertz CT molecular complexity index is 722. The molecular weight excluding hydrogens is 426 g/mol. The Kier molecular flexibility index (Phi) is 13.9. The van der Waals surface area contributed by atoms with E-state index in [9.17, 15) is 24.5 Å². The summed E-state index contributed by atoms with van der Waals surface area (Å²) in [6, 6.07) is 0. The molecule has 0 spiro atoms. The van der Waals surface area contributed by atoms with Gasteiger partial charge in [-0.1, -0.05) is 48.6 Å². The van der Waals surface area contributed by atoms with Crippen molar-refractivity contribution in [2.75, 3.05) is 6.61 Å². The molecule has 30 heavy (non-hydrogen) atoms. The summed E-state index contributed by atoms with van der Waals surface area (Å²) >= 11 is 0. The summed E-state index contributed by atoms with van der Waals surface area (Å²) in [5.41, 5.74) is -1.91. The summed E-state index contributed by atoms with van der Waals surface area (Å²) < 4.78 is 20.8. The van der Waals surface area contributed by atoms with Gasteiger partial charge in [0.1, 0.15) is 17.8 Å². The standard InChI is InChI=1S/C19H27O9P.Na/c1-19(23,12-11-16-9-7-10-18(22)27-16)17(28-29(24,25)26)14-15(21)8-5-3-2-4-6-13-20;/h2-8,10-12,15-17,20-21,23H,9,13-14H2,1H3,(H2,24,25,26);/q;+1/p-1/b3-2+,6-4+,8-5+,12-11-;/t15-,16+,17+,19+;/m0./s1. The number of carbonyl (C=O) groups excluding carboxylic acids is 1. The van der Waals surface area contributed by atoms with Crippen LogP contribution >= 0.6 is 7.82 Å². The van der Waals surface area contributed by atoms with Gasteiger partial charge < -0.3 is 34.4 Å². The minimum Gasteiger partial charge on any atom is -0.756 e. The zero-order chi connectivity index (χ0) is 21.9. The summed E-state index contributed by atoms with van der Waals surface area (Å²) in [6.45, 7) is 1.13. The van der Waals surface area contributed by atoms with E-state index in [1.165, 1.54) is 43.4 Å². The van der Waals surface area contributed by atoms with Crippen LogP contribution < -0.4 is 34.5 Å². The molecule has 0 bridgehead atoms. The van der Waals surface area contributed by atoms with Crippen molar-refractivity contribution < 1.29 is 73.3 Å². The van der Waals surface area contributed by atoms with E-state index in [4.69, 9.17) is 14.7 Å². The molecule has 1 aliphatic rings. The molecule has 162 valence electrons. The van der Waals surface area contributed by atoms with Gasteiger partial charge in [-0.05, 0) is 13.0 Å². The predicted octanol–water partition coefficient (Wildman–Crippen LogP) is -2.57. The number of hydrogen-bond donors (Lipinski definition) is 4. The van der Waals surface area contributed by atoms with Crippen molar-refractivity contribution in [3.8, 4) is 0 Å². The average Bonchev–Trinajstić information content (AvgIpc) is 2.61. The van der Waals surface area contributed by atoms with Crippen LogP contribution in [0.2, 0.25) is 0 Å². The van der Waals surface area contributed by atoms with E-state index in [0.29, 0.717) is 6.42 Å². The number of allylic oxidation sites excluding steroid dienone is 4. The van der Waals surface area contributed by atoms with Gasteiger partial charge in [-0.15, -0.1) is 0 Å². The maximum Gasteiger partial charge on any atom is 1.00 e. The first-order chi connectivity index (χ1) is 13.5. The summed E-state index contributed by atoms with van der Waals surface area (Å²) in [5, 5.41) is 29.3. The molecular formula is C19H26NaO9P. The average molecular weight is 452 g/mol. The molecule has 0 aliphatic carbocycles. The summed E-state index contributed by atoms with van der Waals surface area (Å²) in [7, 11) is -5.21. The summed E-state index contributed by atoms with van der Waals surface area (Å²) in [5.74, 6) is -0.541. The third kappa shape index (κ3) is 12.8. The molecule has 0 saturated carbocycles. The van der Waals surface area contributed by atoms with Crippen LogP contribution in [-0.4, -0.2) is 56.7 Å². The van der Waals surface area contributed by atoms with Crippen LogP contribution in [0.4, 0.5) is 0 Å². The van der Waals surface area contributed by atoms with Gasteiger partial charge in [0.2, 0.25) is 0 Å². The second kappa shape index (κ2) is 14.3. The first-order valence-corrected chi connectivity index (χ1v) is 10.3. The van der Waals surface area contributed by atoms with E-state index in [2.05, 4.69) is 4.52 Å². The fourth-order valence-corrected chi connectivity index (χ4v) is 2.99. The quantitative estimate of drug-likeness (QED) is 0.0870. The second-order valence-electron chi connectivity index (χ2n) is 6.44. The Hall–Kier alpha value is -0.840. The molecule has 1 aliphatic heterocycles. The van der Waals surface area contributed by atoms with Crippen molar-refractivity contribution in [3.63, 3.8) is 0 Å². The van der Waals surface area contributed by atoms with Gasteiger partial charge in [0, 0.05) is 18.9 Å². The fourth-order valence-electron chi connectivity index (χ4n) is 2.37. The van der Waals surface area contributed by atoms with Crippen LogP contribution in [0.15, 0.2) is 60.8 Å². The molecule has 0 aromatic heterocycles. The van der Waals surface area contributed by atoms with Crippen LogP contribution in [0.25, 0.3) is 0 Å². The molecule has 5 atom stereocenters. The van der Waals surface area contributed by atoms with E-state index in [1.807, 2.05) is 0 Å². The second-order valence-corrected chi connectivity index (χ2v) is 7.59. The van der Waals surface area contributed by atoms with Crippen molar-refractivity contribution in [3.05, 3.63) is 60.8 Å². The van der Waals surface area contributed by atoms with Crippen LogP contribution in [0.1, 0.15) is 19.8 Å². The Balaban J connectivity index is 0.00000841. The third-order valence-corrected chi connectivity index (χ3v) is 4.34. The molecule has 11 heteroatoms. The zero-order valence-electron chi connectivity index (χ0n) is 16.9. The van der Waals surface area contributed by atoms with Gasteiger partial charge in [-0.25, -0.2) is 4.79 Å². The van der Waals surface area contributed by atoms with E-state index >= 15 is 0 Å².